The van der Waals surface area contributed by atoms with Crippen LogP contribution in [0.4, 0.5) is 4.79 Å². The van der Waals surface area contributed by atoms with Crippen LogP contribution < -0.4 is 10.3 Å². The lowest BCUT2D eigenvalue weighted by Crippen LogP contribution is -2.33. The molecule has 27 heavy (non-hydrogen) atoms. The lowest BCUT2D eigenvalue weighted by atomic mass is 10.2. The number of aromatic nitrogens is 3. The van der Waals surface area contributed by atoms with Crippen LogP contribution in [0, 0.1) is 6.92 Å². The highest BCUT2D eigenvalue weighted by Crippen LogP contribution is 2.34. The van der Waals surface area contributed by atoms with Gasteiger partial charge in [-0.3, -0.25) is 9.69 Å². The number of hydrogen-bond acceptors (Lipinski definition) is 6. The number of para-hydroxylation sites is 1. The molecule has 0 unspecified atom stereocenters. The number of nitrogens with zero attached hydrogens (tertiary/aromatic N) is 4. The summed E-state index contributed by atoms with van der Waals surface area (Å²) in [6.45, 7) is 4.38. The van der Waals surface area contributed by atoms with Crippen LogP contribution in [0.3, 0.4) is 0 Å². The summed E-state index contributed by atoms with van der Waals surface area (Å²) >= 11 is 1.36. The van der Waals surface area contributed by atoms with Crippen LogP contribution in [-0.4, -0.2) is 32.1 Å². The van der Waals surface area contributed by atoms with E-state index in [0.29, 0.717) is 29.2 Å². The fraction of sp³-hybridized carbons (Fsp3) is 0.368. The quantitative estimate of drug-likeness (QED) is 0.692. The van der Waals surface area contributed by atoms with Gasteiger partial charge in [0.15, 0.2) is 0 Å². The standard InChI is InChI=1S/C19H20N4O3S/c1-3-14-12(2)20-18-23(17(14)24)21-16(27-18)15-10-7-11-22(15)19(25)26-13-8-5-4-6-9-13/h4-6,8-9,15H,3,7,10-11H2,1-2H3/t15-/m1/s1. The molecule has 1 aromatic carbocycles. The normalized spacial score (nSPS) is 16.8. The molecule has 0 radical (unpaired) electrons. The molecular formula is C19H20N4O3S. The van der Waals surface area contributed by atoms with Gasteiger partial charge in [-0.25, -0.2) is 9.78 Å². The third-order valence-corrected chi connectivity index (χ3v) is 5.81. The molecule has 1 fully saturated rings. The first-order valence-corrected chi connectivity index (χ1v) is 9.83. The monoisotopic (exact) mass is 384 g/mol. The van der Waals surface area contributed by atoms with Crippen molar-refractivity contribution in [3.63, 3.8) is 0 Å². The number of rotatable bonds is 3. The van der Waals surface area contributed by atoms with Crippen molar-refractivity contribution in [1.82, 2.24) is 19.5 Å². The van der Waals surface area contributed by atoms with Gasteiger partial charge in [-0.05, 0) is 38.3 Å². The number of fused-ring (bicyclic) bond motifs is 1. The summed E-state index contributed by atoms with van der Waals surface area (Å²) in [5.74, 6) is 0.513. The van der Waals surface area contributed by atoms with E-state index < -0.39 is 6.09 Å². The SMILES string of the molecule is CCc1c(C)nc2sc([C@H]3CCCN3C(=O)Oc3ccccc3)nn2c1=O. The van der Waals surface area contributed by atoms with Gasteiger partial charge in [-0.1, -0.05) is 36.5 Å². The van der Waals surface area contributed by atoms with Gasteiger partial charge >= 0.3 is 6.09 Å². The van der Waals surface area contributed by atoms with E-state index in [0.717, 1.165) is 23.5 Å². The molecule has 0 bridgehead atoms. The molecule has 0 aliphatic carbocycles. The number of amides is 1. The Balaban J connectivity index is 1.65. The minimum atomic E-state index is -0.395. The van der Waals surface area contributed by atoms with Crippen molar-refractivity contribution in [3.05, 3.63) is 57.0 Å². The van der Waals surface area contributed by atoms with Crippen LogP contribution in [0.25, 0.3) is 4.96 Å². The van der Waals surface area contributed by atoms with Crippen molar-refractivity contribution in [2.75, 3.05) is 6.54 Å². The second-order valence-electron chi connectivity index (χ2n) is 6.50. The first kappa shape index (κ1) is 17.7. The fourth-order valence-electron chi connectivity index (χ4n) is 3.43. The molecule has 1 atom stereocenters. The van der Waals surface area contributed by atoms with Gasteiger partial charge in [-0.15, -0.1) is 0 Å². The van der Waals surface area contributed by atoms with E-state index in [9.17, 15) is 9.59 Å². The largest absolute Gasteiger partial charge is 0.415 e. The average molecular weight is 384 g/mol. The molecule has 3 aromatic rings. The number of likely N-dealkylation sites (tertiary alicyclic amines) is 1. The molecule has 3 heterocycles. The Morgan fingerprint density at radius 2 is 2.11 bits per heavy atom. The molecule has 140 valence electrons. The van der Waals surface area contributed by atoms with Gasteiger partial charge in [0, 0.05) is 17.8 Å². The predicted molar refractivity (Wildman–Crippen MR) is 102 cm³/mol. The topological polar surface area (TPSA) is 76.8 Å². The zero-order valence-electron chi connectivity index (χ0n) is 15.2. The summed E-state index contributed by atoms with van der Waals surface area (Å²) in [5, 5.41) is 5.21. The van der Waals surface area contributed by atoms with Crippen molar-refractivity contribution in [3.8, 4) is 5.75 Å². The third-order valence-electron chi connectivity index (χ3n) is 4.80. The van der Waals surface area contributed by atoms with E-state index >= 15 is 0 Å². The number of carbonyl (C=O) groups excluding carboxylic acids is 1. The molecule has 8 heteroatoms. The second kappa shape index (κ2) is 7.11. The lowest BCUT2D eigenvalue weighted by molar-refractivity contribution is 0.147. The van der Waals surface area contributed by atoms with Crippen molar-refractivity contribution < 1.29 is 9.53 Å². The summed E-state index contributed by atoms with van der Waals surface area (Å²) < 4.78 is 6.85. The molecule has 7 nitrogen and oxygen atoms in total. The van der Waals surface area contributed by atoms with E-state index in [2.05, 4.69) is 10.1 Å². The first-order chi connectivity index (χ1) is 13.1. The number of hydrogen-bond donors (Lipinski definition) is 0. The van der Waals surface area contributed by atoms with Gasteiger partial charge in [0.25, 0.3) is 5.56 Å². The van der Waals surface area contributed by atoms with Gasteiger partial charge in [-0.2, -0.15) is 9.61 Å². The van der Waals surface area contributed by atoms with Gasteiger partial charge in [0.2, 0.25) is 4.96 Å². The van der Waals surface area contributed by atoms with E-state index in [1.165, 1.54) is 15.9 Å². The van der Waals surface area contributed by atoms with E-state index in [1.54, 1.807) is 17.0 Å². The van der Waals surface area contributed by atoms with Crippen LogP contribution in [0.5, 0.6) is 5.75 Å². The molecule has 0 N–H and O–H groups in total. The number of aryl methyl sites for hydroxylation is 1. The molecule has 1 aliphatic heterocycles. The Morgan fingerprint density at radius 3 is 2.85 bits per heavy atom. The van der Waals surface area contributed by atoms with Crippen molar-refractivity contribution >= 4 is 22.4 Å². The maximum atomic E-state index is 12.6. The maximum absolute atomic E-state index is 12.6. The van der Waals surface area contributed by atoms with Crippen molar-refractivity contribution in [1.29, 1.82) is 0 Å². The number of carbonyl (C=O) groups is 1. The summed E-state index contributed by atoms with van der Waals surface area (Å²) in [5.41, 5.74) is 1.29. The predicted octanol–water partition coefficient (Wildman–Crippen LogP) is 3.36. The number of ether oxygens (including phenoxy) is 1. The van der Waals surface area contributed by atoms with Gasteiger partial charge < -0.3 is 4.74 Å². The molecule has 0 spiro atoms. The number of benzene rings is 1. The third kappa shape index (κ3) is 3.21. The maximum Gasteiger partial charge on any atom is 0.415 e. The fourth-order valence-corrected chi connectivity index (χ4v) is 4.51. The average Bonchev–Trinajstić information content (AvgIpc) is 3.29. The molecule has 1 amide bonds. The minimum Gasteiger partial charge on any atom is -0.410 e. The molecular weight excluding hydrogens is 364 g/mol. The minimum absolute atomic E-state index is 0.126. The van der Waals surface area contributed by atoms with E-state index in [1.807, 2.05) is 32.0 Å². The molecule has 4 rings (SSSR count). The Kier molecular flexibility index (Phi) is 4.65. The van der Waals surface area contributed by atoms with E-state index in [-0.39, 0.29) is 11.6 Å². The molecule has 1 aliphatic rings. The van der Waals surface area contributed by atoms with Crippen molar-refractivity contribution in [2.45, 2.75) is 39.2 Å². The Bertz CT molecular complexity index is 1040. The van der Waals surface area contributed by atoms with Crippen LogP contribution in [0.1, 0.15) is 42.1 Å². The Hall–Kier alpha value is -2.74. The van der Waals surface area contributed by atoms with Crippen LogP contribution in [-0.2, 0) is 6.42 Å². The van der Waals surface area contributed by atoms with Crippen molar-refractivity contribution in [2.24, 2.45) is 0 Å². The highest BCUT2D eigenvalue weighted by molar-refractivity contribution is 7.16. The van der Waals surface area contributed by atoms with Crippen LogP contribution >= 0.6 is 11.3 Å². The van der Waals surface area contributed by atoms with Crippen LogP contribution in [0.15, 0.2) is 35.1 Å². The van der Waals surface area contributed by atoms with Gasteiger partial charge in [0.05, 0.1) is 6.04 Å². The van der Waals surface area contributed by atoms with E-state index in [4.69, 9.17) is 4.74 Å². The smallest absolute Gasteiger partial charge is 0.410 e. The highest BCUT2D eigenvalue weighted by atomic mass is 32.1. The zero-order valence-corrected chi connectivity index (χ0v) is 16.0. The molecule has 0 saturated carbocycles. The molecule has 2 aromatic heterocycles. The summed E-state index contributed by atoms with van der Waals surface area (Å²) in [6.07, 6.45) is 1.88. The summed E-state index contributed by atoms with van der Waals surface area (Å²) in [7, 11) is 0. The molecule has 1 saturated heterocycles. The second-order valence-corrected chi connectivity index (χ2v) is 7.49. The van der Waals surface area contributed by atoms with Crippen LogP contribution in [0.2, 0.25) is 0 Å². The lowest BCUT2D eigenvalue weighted by Gasteiger charge is -2.21. The first-order valence-electron chi connectivity index (χ1n) is 9.01. The summed E-state index contributed by atoms with van der Waals surface area (Å²) in [4.78, 5) is 32.0. The highest BCUT2D eigenvalue weighted by Gasteiger charge is 2.34. The zero-order chi connectivity index (χ0) is 19.0. The Labute approximate surface area is 160 Å². The Morgan fingerprint density at radius 1 is 1.33 bits per heavy atom. The van der Waals surface area contributed by atoms with Gasteiger partial charge in [0.1, 0.15) is 10.8 Å². The summed E-state index contributed by atoms with van der Waals surface area (Å²) in [6, 6.07) is 8.82.